The molecule has 0 bridgehead atoms. The van der Waals surface area contributed by atoms with Gasteiger partial charge in [0.1, 0.15) is 0 Å². The van der Waals surface area contributed by atoms with Gasteiger partial charge in [-0.3, -0.25) is 14.4 Å². The lowest BCUT2D eigenvalue weighted by molar-refractivity contribution is 0.0169. The minimum absolute atomic E-state index is 0.0239. The highest BCUT2D eigenvalue weighted by Gasteiger charge is 2.25. The van der Waals surface area contributed by atoms with Crippen molar-refractivity contribution in [2.45, 2.75) is 10.9 Å². The quantitative estimate of drug-likeness (QED) is 0.483. The van der Waals surface area contributed by atoms with Crippen LogP contribution in [0.5, 0.6) is 0 Å². The summed E-state index contributed by atoms with van der Waals surface area (Å²) in [5.74, 6) is -0.348. The first-order valence-corrected chi connectivity index (χ1v) is 13.2. The Morgan fingerprint density at radius 3 is 2.48 bits per heavy atom. The van der Waals surface area contributed by atoms with Crippen molar-refractivity contribution in [3.63, 3.8) is 0 Å². The van der Waals surface area contributed by atoms with Crippen LogP contribution in [0.2, 0.25) is 5.02 Å². The molecule has 2 N–H and O–H groups in total. The molecule has 1 aliphatic heterocycles. The van der Waals surface area contributed by atoms with E-state index in [-0.39, 0.29) is 28.1 Å². The topological polar surface area (TPSA) is 87.7 Å². The molecule has 4 rings (SSSR count). The van der Waals surface area contributed by atoms with E-state index in [9.17, 15) is 13.2 Å². The van der Waals surface area contributed by atoms with Gasteiger partial charge in [-0.05, 0) is 47.8 Å². The SMILES string of the molecule is O=C(NC[C@@H](c1cccs1)N1CCOCC1)c1ccccc1NS(=O)(=O)c1ccc(Cl)cc1. The maximum Gasteiger partial charge on any atom is 0.261 e. The lowest BCUT2D eigenvalue weighted by Crippen LogP contribution is -2.43. The number of halogens is 1. The molecule has 1 saturated heterocycles. The predicted molar refractivity (Wildman–Crippen MR) is 130 cm³/mol. The lowest BCUT2D eigenvalue weighted by atomic mass is 10.1. The first-order valence-electron chi connectivity index (χ1n) is 10.4. The van der Waals surface area contributed by atoms with Gasteiger partial charge in [-0.2, -0.15) is 0 Å². The van der Waals surface area contributed by atoms with Crippen molar-refractivity contribution in [3.05, 3.63) is 81.5 Å². The fourth-order valence-corrected chi connectivity index (χ4v) is 5.72. The number of ether oxygens (including phenoxy) is 1. The first-order chi connectivity index (χ1) is 15.9. The molecule has 7 nitrogen and oxygen atoms in total. The monoisotopic (exact) mass is 505 g/mol. The standard InChI is InChI=1S/C23H24ClN3O4S2/c24-17-7-9-18(10-8-17)33(29,30)26-20-5-2-1-4-19(20)23(28)25-16-21(22-6-3-15-32-22)27-11-13-31-14-12-27/h1-10,15,21,26H,11-14,16H2,(H,25,28)/t21-/m0/s1. The van der Waals surface area contributed by atoms with Gasteiger partial charge in [0.25, 0.3) is 15.9 Å². The third-order valence-electron chi connectivity index (χ3n) is 5.35. The molecule has 174 valence electrons. The number of thiophene rings is 1. The molecule has 0 aliphatic carbocycles. The molecule has 33 heavy (non-hydrogen) atoms. The van der Waals surface area contributed by atoms with Gasteiger partial charge in [-0.25, -0.2) is 8.42 Å². The second kappa shape index (κ2) is 10.7. The maximum atomic E-state index is 13.1. The molecule has 0 radical (unpaired) electrons. The number of nitrogens with one attached hydrogen (secondary N) is 2. The van der Waals surface area contributed by atoms with Gasteiger partial charge >= 0.3 is 0 Å². The van der Waals surface area contributed by atoms with Crippen LogP contribution in [-0.2, 0) is 14.8 Å². The molecule has 3 aromatic rings. The average molecular weight is 506 g/mol. The number of benzene rings is 2. The van der Waals surface area contributed by atoms with E-state index in [4.69, 9.17) is 16.3 Å². The Morgan fingerprint density at radius 2 is 1.79 bits per heavy atom. The third kappa shape index (κ3) is 5.93. The third-order valence-corrected chi connectivity index (χ3v) is 7.96. The molecule has 2 aromatic carbocycles. The summed E-state index contributed by atoms with van der Waals surface area (Å²) in [4.78, 5) is 16.6. The first kappa shape index (κ1) is 23.7. The van der Waals surface area contributed by atoms with Crippen molar-refractivity contribution >= 4 is 44.6 Å². The molecule has 1 fully saturated rings. The average Bonchev–Trinajstić information content (AvgIpc) is 3.35. The van der Waals surface area contributed by atoms with Crippen molar-refractivity contribution in [1.29, 1.82) is 0 Å². The second-order valence-electron chi connectivity index (χ2n) is 7.49. The van der Waals surface area contributed by atoms with E-state index in [1.54, 1.807) is 35.6 Å². The summed E-state index contributed by atoms with van der Waals surface area (Å²) < 4.78 is 33.6. The Hall–Kier alpha value is -2.43. The summed E-state index contributed by atoms with van der Waals surface area (Å²) in [5, 5.41) is 5.45. The molecule has 0 spiro atoms. The van der Waals surface area contributed by atoms with Crippen molar-refractivity contribution in [2.75, 3.05) is 37.6 Å². The summed E-state index contributed by atoms with van der Waals surface area (Å²) in [6.45, 7) is 3.29. The van der Waals surface area contributed by atoms with Gasteiger partial charge in [0.15, 0.2) is 0 Å². The summed E-state index contributed by atoms with van der Waals surface area (Å²) >= 11 is 7.51. The van der Waals surface area contributed by atoms with Gasteiger partial charge in [-0.1, -0.05) is 29.8 Å². The van der Waals surface area contributed by atoms with E-state index in [0.717, 1.165) is 18.0 Å². The zero-order chi connectivity index (χ0) is 23.3. The number of anilines is 1. The Morgan fingerprint density at radius 1 is 1.06 bits per heavy atom. The van der Waals surface area contributed by atoms with Crippen molar-refractivity contribution in [3.8, 4) is 0 Å². The number of hydrogen-bond acceptors (Lipinski definition) is 6. The van der Waals surface area contributed by atoms with Crippen LogP contribution in [0.25, 0.3) is 0 Å². The zero-order valence-electron chi connectivity index (χ0n) is 17.7. The molecule has 1 atom stereocenters. The number of sulfonamides is 1. The smallest absolute Gasteiger partial charge is 0.261 e. The Balaban J connectivity index is 1.50. The van der Waals surface area contributed by atoms with E-state index >= 15 is 0 Å². The highest BCUT2D eigenvalue weighted by molar-refractivity contribution is 7.92. The van der Waals surface area contributed by atoms with Crippen LogP contribution < -0.4 is 10.0 Å². The highest BCUT2D eigenvalue weighted by Crippen LogP contribution is 2.26. The number of hydrogen-bond donors (Lipinski definition) is 2. The van der Waals surface area contributed by atoms with E-state index < -0.39 is 10.0 Å². The Labute approximate surface area is 202 Å². The van der Waals surface area contributed by atoms with Gasteiger partial charge in [0.2, 0.25) is 0 Å². The fourth-order valence-electron chi connectivity index (χ4n) is 3.65. The van der Waals surface area contributed by atoms with E-state index in [2.05, 4.69) is 21.0 Å². The summed E-state index contributed by atoms with van der Waals surface area (Å²) in [6.07, 6.45) is 0. The summed E-state index contributed by atoms with van der Waals surface area (Å²) in [5.41, 5.74) is 0.464. The number of nitrogens with zero attached hydrogens (tertiary/aromatic N) is 1. The van der Waals surface area contributed by atoms with E-state index in [1.807, 2.05) is 11.4 Å². The minimum Gasteiger partial charge on any atom is -0.379 e. The Kier molecular flexibility index (Phi) is 7.67. The van der Waals surface area contributed by atoms with Crippen molar-refractivity contribution < 1.29 is 17.9 Å². The van der Waals surface area contributed by atoms with Crippen LogP contribution in [0.1, 0.15) is 21.3 Å². The summed E-state index contributed by atoms with van der Waals surface area (Å²) in [6, 6.07) is 16.5. The minimum atomic E-state index is -3.88. The van der Waals surface area contributed by atoms with Crippen LogP contribution in [0, 0.1) is 0 Å². The molecular weight excluding hydrogens is 482 g/mol. The molecule has 1 aliphatic rings. The molecular formula is C23H24ClN3O4S2. The van der Waals surface area contributed by atoms with Crippen LogP contribution in [0.15, 0.2) is 70.9 Å². The van der Waals surface area contributed by atoms with Crippen molar-refractivity contribution in [2.24, 2.45) is 0 Å². The maximum absolute atomic E-state index is 13.1. The largest absolute Gasteiger partial charge is 0.379 e. The molecule has 10 heteroatoms. The normalized spacial score (nSPS) is 15.7. The fraction of sp³-hybridized carbons (Fsp3) is 0.261. The molecule has 1 amide bonds. The van der Waals surface area contributed by atoms with Crippen LogP contribution in [0.3, 0.4) is 0 Å². The number of rotatable bonds is 8. The number of para-hydroxylation sites is 1. The van der Waals surface area contributed by atoms with Gasteiger partial charge in [0.05, 0.1) is 35.4 Å². The number of amides is 1. The van der Waals surface area contributed by atoms with E-state index in [0.29, 0.717) is 24.8 Å². The Bertz CT molecular complexity index is 1180. The lowest BCUT2D eigenvalue weighted by Gasteiger charge is -2.34. The number of morpholine rings is 1. The second-order valence-corrected chi connectivity index (χ2v) is 10.6. The van der Waals surface area contributed by atoms with Gasteiger partial charge in [-0.15, -0.1) is 11.3 Å². The molecule has 0 unspecified atom stereocenters. The van der Waals surface area contributed by atoms with Crippen molar-refractivity contribution in [1.82, 2.24) is 10.2 Å². The summed E-state index contributed by atoms with van der Waals surface area (Å²) in [7, 11) is -3.88. The van der Waals surface area contributed by atoms with Crippen LogP contribution in [0.4, 0.5) is 5.69 Å². The van der Waals surface area contributed by atoms with Crippen LogP contribution in [-0.4, -0.2) is 52.1 Å². The number of carbonyl (C=O) groups is 1. The zero-order valence-corrected chi connectivity index (χ0v) is 20.1. The number of carbonyl (C=O) groups excluding carboxylic acids is 1. The molecule has 1 aromatic heterocycles. The van der Waals surface area contributed by atoms with Gasteiger partial charge < -0.3 is 10.1 Å². The molecule has 0 saturated carbocycles. The highest BCUT2D eigenvalue weighted by atomic mass is 35.5. The van der Waals surface area contributed by atoms with Gasteiger partial charge in [0, 0.05) is 29.5 Å². The predicted octanol–water partition coefficient (Wildman–Crippen LogP) is 4.01. The van der Waals surface area contributed by atoms with E-state index in [1.165, 1.54) is 24.3 Å². The van der Waals surface area contributed by atoms with Crippen LogP contribution >= 0.6 is 22.9 Å². The molecule has 2 heterocycles.